The van der Waals surface area contributed by atoms with Crippen LogP contribution in [0.3, 0.4) is 0 Å². The molecule has 3 fully saturated rings. The SMILES string of the molecule is CN=C(NC1CCc2nnc(C(C)C)n2C1)NC1C2CCOC2C12CCCC2. The molecule has 2 saturated carbocycles. The van der Waals surface area contributed by atoms with Crippen LogP contribution in [0.1, 0.15) is 69.9 Å². The minimum atomic E-state index is 0.345. The Balaban J connectivity index is 1.27. The van der Waals surface area contributed by atoms with Gasteiger partial charge in [-0.25, -0.2) is 0 Å². The highest BCUT2D eigenvalue weighted by Crippen LogP contribution is 2.60. The molecule has 0 bridgehead atoms. The Labute approximate surface area is 167 Å². The van der Waals surface area contributed by atoms with Crippen LogP contribution in [0.25, 0.3) is 0 Å². The number of aliphatic imine (C=N–C) groups is 1. The van der Waals surface area contributed by atoms with Gasteiger partial charge in [0, 0.05) is 56.0 Å². The summed E-state index contributed by atoms with van der Waals surface area (Å²) < 4.78 is 8.44. The summed E-state index contributed by atoms with van der Waals surface area (Å²) in [4.78, 5) is 4.59. The summed E-state index contributed by atoms with van der Waals surface area (Å²) in [6.07, 6.45) is 8.99. The molecule has 4 aliphatic rings. The molecule has 28 heavy (non-hydrogen) atoms. The van der Waals surface area contributed by atoms with Crippen LogP contribution < -0.4 is 10.6 Å². The monoisotopic (exact) mass is 386 g/mol. The van der Waals surface area contributed by atoms with Gasteiger partial charge < -0.3 is 19.9 Å². The summed E-state index contributed by atoms with van der Waals surface area (Å²) in [7, 11) is 1.89. The molecule has 2 aliphatic heterocycles. The highest BCUT2D eigenvalue weighted by molar-refractivity contribution is 5.80. The van der Waals surface area contributed by atoms with E-state index in [1.807, 2.05) is 7.05 Å². The zero-order chi connectivity index (χ0) is 19.3. The third kappa shape index (κ3) is 2.77. The normalized spacial score (nSPS) is 33.6. The number of hydrogen-bond donors (Lipinski definition) is 2. The van der Waals surface area contributed by atoms with Crippen molar-refractivity contribution < 1.29 is 4.74 Å². The molecule has 3 heterocycles. The summed E-state index contributed by atoms with van der Waals surface area (Å²) in [5.41, 5.74) is 0.345. The van der Waals surface area contributed by atoms with E-state index in [4.69, 9.17) is 4.74 Å². The second-order valence-corrected chi connectivity index (χ2v) is 9.50. The molecular weight excluding hydrogens is 352 g/mol. The van der Waals surface area contributed by atoms with Crippen molar-refractivity contribution in [3.05, 3.63) is 11.6 Å². The lowest BCUT2D eigenvalue weighted by Gasteiger charge is -2.57. The number of nitrogens with one attached hydrogen (secondary N) is 2. The highest BCUT2D eigenvalue weighted by atomic mass is 16.5. The first-order valence-corrected chi connectivity index (χ1v) is 11.2. The molecule has 4 unspecified atom stereocenters. The first-order chi connectivity index (χ1) is 13.6. The minimum absolute atomic E-state index is 0.345. The summed E-state index contributed by atoms with van der Waals surface area (Å²) in [6, 6.07) is 0.872. The second kappa shape index (κ2) is 7.01. The largest absolute Gasteiger partial charge is 0.377 e. The van der Waals surface area contributed by atoms with E-state index in [2.05, 4.69) is 44.2 Å². The molecule has 7 heteroatoms. The fourth-order valence-electron chi connectivity index (χ4n) is 6.31. The van der Waals surface area contributed by atoms with E-state index < -0.39 is 0 Å². The van der Waals surface area contributed by atoms with Crippen LogP contribution in [-0.2, 0) is 17.7 Å². The van der Waals surface area contributed by atoms with Crippen LogP contribution in [0, 0.1) is 11.3 Å². The van der Waals surface area contributed by atoms with Crippen LogP contribution >= 0.6 is 0 Å². The first-order valence-electron chi connectivity index (χ1n) is 11.2. The van der Waals surface area contributed by atoms with Gasteiger partial charge in [-0.3, -0.25) is 4.99 Å². The summed E-state index contributed by atoms with van der Waals surface area (Å²) in [6.45, 7) is 6.22. The van der Waals surface area contributed by atoms with E-state index in [1.165, 1.54) is 32.1 Å². The summed E-state index contributed by atoms with van der Waals surface area (Å²) in [5.74, 6) is 4.22. The van der Waals surface area contributed by atoms with Crippen LogP contribution in [0.2, 0.25) is 0 Å². The Kier molecular flexibility index (Phi) is 4.61. The Hall–Kier alpha value is -1.63. The van der Waals surface area contributed by atoms with Gasteiger partial charge in [-0.05, 0) is 25.7 Å². The average molecular weight is 387 g/mol. The Morgan fingerprint density at radius 1 is 1.21 bits per heavy atom. The van der Waals surface area contributed by atoms with Crippen molar-refractivity contribution in [2.24, 2.45) is 16.3 Å². The molecule has 2 aliphatic carbocycles. The van der Waals surface area contributed by atoms with Gasteiger partial charge in [0.1, 0.15) is 11.6 Å². The molecule has 1 aromatic rings. The lowest BCUT2D eigenvalue weighted by atomic mass is 9.54. The van der Waals surface area contributed by atoms with E-state index in [-0.39, 0.29) is 0 Å². The van der Waals surface area contributed by atoms with E-state index in [0.29, 0.717) is 35.4 Å². The van der Waals surface area contributed by atoms with Gasteiger partial charge in [-0.15, -0.1) is 10.2 Å². The molecule has 0 amide bonds. The Bertz CT molecular complexity index is 750. The van der Waals surface area contributed by atoms with Gasteiger partial charge >= 0.3 is 0 Å². The second-order valence-electron chi connectivity index (χ2n) is 9.50. The van der Waals surface area contributed by atoms with E-state index in [0.717, 1.165) is 43.6 Å². The van der Waals surface area contributed by atoms with Gasteiger partial charge in [0.05, 0.1) is 6.10 Å². The van der Waals surface area contributed by atoms with Crippen LogP contribution in [0.5, 0.6) is 0 Å². The Morgan fingerprint density at radius 2 is 2.04 bits per heavy atom. The van der Waals surface area contributed by atoms with E-state index >= 15 is 0 Å². The molecule has 7 nitrogen and oxygen atoms in total. The third-order valence-corrected chi connectivity index (χ3v) is 7.63. The van der Waals surface area contributed by atoms with Crippen molar-refractivity contribution in [3.8, 4) is 0 Å². The zero-order valence-corrected chi connectivity index (χ0v) is 17.4. The van der Waals surface area contributed by atoms with E-state index in [1.54, 1.807) is 0 Å². The van der Waals surface area contributed by atoms with E-state index in [9.17, 15) is 0 Å². The van der Waals surface area contributed by atoms with Gasteiger partial charge in [-0.2, -0.15) is 0 Å². The maximum Gasteiger partial charge on any atom is 0.191 e. The molecular formula is C21H34N6O. The number of ether oxygens (including phenoxy) is 1. The quantitative estimate of drug-likeness (QED) is 0.615. The number of guanidine groups is 1. The fraction of sp³-hybridized carbons (Fsp3) is 0.857. The molecule has 1 spiro atoms. The maximum atomic E-state index is 6.13. The average Bonchev–Trinajstić information content (AvgIpc) is 3.42. The van der Waals surface area contributed by atoms with Crippen molar-refractivity contribution in [1.82, 2.24) is 25.4 Å². The standard InChI is InChI=1S/C21H34N6O/c1-13(2)19-26-25-16-7-6-14(12-27(16)19)23-20(22-3)24-17-15-8-11-28-18(15)21(17)9-4-5-10-21/h13-15,17-18H,4-12H2,1-3H3,(H2,22,23,24). The lowest BCUT2D eigenvalue weighted by Crippen LogP contribution is -2.69. The maximum absolute atomic E-state index is 6.13. The molecule has 5 rings (SSSR count). The highest BCUT2D eigenvalue weighted by Gasteiger charge is 2.65. The summed E-state index contributed by atoms with van der Waals surface area (Å²) >= 11 is 0. The van der Waals surface area contributed by atoms with Gasteiger partial charge in [0.15, 0.2) is 5.96 Å². The molecule has 1 aromatic heterocycles. The van der Waals surface area contributed by atoms with Crippen LogP contribution in [0.4, 0.5) is 0 Å². The van der Waals surface area contributed by atoms with Gasteiger partial charge in [0.2, 0.25) is 0 Å². The van der Waals surface area contributed by atoms with Crippen molar-refractivity contribution in [3.63, 3.8) is 0 Å². The number of fused-ring (bicyclic) bond motifs is 3. The summed E-state index contributed by atoms with van der Waals surface area (Å²) in [5, 5.41) is 16.3. The molecule has 4 atom stereocenters. The van der Waals surface area contributed by atoms with Crippen molar-refractivity contribution >= 4 is 5.96 Å². The first kappa shape index (κ1) is 18.4. The van der Waals surface area contributed by atoms with Crippen LogP contribution in [-0.4, -0.2) is 52.6 Å². The smallest absolute Gasteiger partial charge is 0.191 e. The number of aromatic nitrogens is 3. The minimum Gasteiger partial charge on any atom is -0.377 e. The van der Waals surface area contributed by atoms with Crippen molar-refractivity contribution in [1.29, 1.82) is 0 Å². The van der Waals surface area contributed by atoms with Crippen LogP contribution in [0.15, 0.2) is 4.99 Å². The molecule has 2 N–H and O–H groups in total. The zero-order valence-electron chi connectivity index (χ0n) is 17.4. The van der Waals surface area contributed by atoms with Crippen molar-refractivity contribution in [2.75, 3.05) is 13.7 Å². The predicted molar refractivity (Wildman–Crippen MR) is 108 cm³/mol. The van der Waals surface area contributed by atoms with Gasteiger partial charge in [-0.1, -0.05) is 26.7 Å². The third-order valence-electron chi connectivity index (χ3n) is 7.63. The molecule has 0 radical (unpaired) electrons. The lowest BCUT2D eigenvalue weighted by molar-refractivity contribution is -0.125. The topological polar surface area (TPSA) is 76.4 Å². The Morgan fingerprint density at radius 3 is 2.79 bits per heavy atom. The molecule has 1 saturated heterocycles. The molecule has 154 valence electrons. The predicted octanol–water partition coefficient (Wildman–Crippen LogP) is 2.23. The number of nitrogens with zero attached hydrogens (tertiary/aromatic N) is 4. The van der Waals surface area contributed by atoms with Gasteiger partial charge in [0.25, 0.3) is 0 Å². The fourth-order valence-corrected chi connectivity index (χ4v) is 6.31. The number of hydrogen-bond acceptors (Lipinski definition) is 4. The number of rotatable bonds is 3. The van der Waals surface area contributed by atoms with Crippen molar-refractivity contribution in [2.45, 2.75) is 89.4 Å². The number of aryl methyl sites for hydroxylation is 1. The molecule has 0 aromatic carbocycles.